The molecule has 3 aliphatic rings. The Morgan fingerprint density at radius 2 is 2.20 bits per heavy atom. The zero-order chi connectivity index (χ0) is 14.2. The fourth-order valence-electron chi connectivity index (χ4n) is 5.64. The minimum absolute atomic E-state index is 0.138. The van der Waals surface area contributed by atoms with Crippen molar-refractivity contribution in [2.45, 2.75) is 65.2 Å². The van der Waals surface area contributed by atoms with E-state index in [1.165, 1.54) is 44.9 Å². The second-order valence-corrected chi connectivity index (χ2v) is 7.15. The molecule has 4 atom stereocenters. The Kier molecular flexibility index (Phi) is 3.92. The lowest BCUT2D eigenvalue weighted by molar-refractivity contribution is -0.138. The topological polar surface area (TPSA) is 26.3 Å². The lowest BCUT2D eigenvalue weighted by Gasteiger charge is -2.39. The van der Waals surface area contributed by atoms with Crippen LogP contribution in [0.4, 0.5) is 0 Å². The molecule has 3 aliphatic carbocycles. The lowest BCUT2D eigenvalue weighted by atomic mass is 9.65. The van der Waals surface area contributed by atoms with Gasteiger partial charge in [0.05, 0.1) is 6.61 Å². The smallest absolute Gasteiger partial charge is 0.333 e. The predicted octanol–water partition coefficient (Wildman–Crippen LogP) is 4.49. The van der Waals surface area contributed by atoms with Gasteiger partial charge in [-0.2, -0.15) is 0 Å². The van der Waals surface area contributed by atoms with E-state index in [-0.39, 0.29) is 5.97 Å². The van der Waals surface area contributed by atoms with E-state index in [9.17, 15) is 4.79 Å². The molecule has 2 heteroatoms. The summed E-state index contributed by atoms with van der Waals surface area (Å²) < 4.78 is 5.05. The van der Waals surface area contributed by atoms with Crippen LogP contribution in [0.15, 0.2) is 11.6 Å². The first-order chi connectivity index (χ1) is 9.67. The molecule has 3 fully saturated rings. The van der Waals surface area contributed by atoms with Crippen molar-refractivity contribution in [1.29, 1.82) is 0 Å². The maximum atomic E-state index is 11.6. The molecule has 0 aromatic rings. The highest BCUT2D eigenvalue weighted by molar-refractivity contribution is 5.87. The number of esters is 1. The molecule has 0 aromatic carbocycles. The van der Waals surface area contributed by atoms with Gasteiger partial charge in [-0.3, -0.25) is 0 Å². The molecule has 112 valence electrons. The van der Waals surface area contributed by atoms with Crippen molar-refractivity contribution in [3.05, 3.63) is 11.6 Å². The number of hydrogen-bond acceptors (Lipinski definition) is 2. The predicted molar refractivity (Wildman–Crippen MR) is 80.2 cm³/mol. The lowest BCUT2D eigenvalue weighted by Crippen LogP contribution is -2.31. The van der Waals surface area contributed by atoms with Gasteiger partial charge in [0.2, 0.25) is 0 Å². The van der Waals surface area contributed by atoms with E-state index < -0.39 is 0 Å². The Morgan fingerprint density at radius 1 is 1.35 bits per heavy atom. The molecule has 2 nitrogen and oxygen atoms in total. The first-order valence-electron chi connectivity index (χ1n) is 8.51. The molecule has 0 aromatic heterocycles. The normalized spacial score (nSPS) is 39.1. The molecule has 0 radical (unpaired) electrons. The van der Waals surface area contributed by atoms with Crippen molar-refractivity contribution in [3.8, 4) is 0 Å². The average Bonchev–Trinajstić information content (AvgIpc) is 3.10. The summed E-state index contributed by atoms with van der Waals surface area (Å²) in [4.78, 5) is 11.6. The van der Waals surface area contributed by atoms with Gasteiger partial charge >= 0.3 is 5.97 Å². The SMILES string of the molecule is CCOC(=O)/C(C)=C\CC[C@@]12CCC[C@@H]1[C@@H]1CC[C@H]2C1. The molecular formula is C18H28O2. The van der Waals surface area contributed by atoms with Gasteiger partial charge in [0, 0.05) is 5.57 Å². The van der Waals surface area contributed by atoms with Crippen LogP contribution in [0.25, 0.3) is 0 Å². The zero-order valence-electron chi connectivity index (χ0n) is 13.0. The summed E-state index contributed by atoms with van der Waals surface area (Å²) >= 11 is 0. The first kappa shape index (κ1) is 14.2. The van der Waals surface area contributed by atoms with Crippen molar-refractivity contribution in [2.75, 3.05) is 6.61 Å². The van der Waals surface area contributed by atoms with Crippen LogP contribution in [0.3, 0.4) is 0 Å². The van der Waals surface area contributed by atoms with Gasteiger partial charge in [0.15, 0.2) is 0 Å². The third-order valence-electron chi connectivity index (χ3n) is 6.41. The van der Waals surface area contributed by atoms with Gasteiger partial charge in [-0.25, -0.2) is 4.79 Å². The number of ether oxygens (including phenoxy) is 1. The van der Waals surface area contributed by atoms with E-state index in [2.05, 4.69) is 6.08 Å². The number of hydrogen-bond donors (Lipinski definition) is 0. The second kappa shape index (κ2) is 5.54. The number of rotatable bonds is 5. The number of fused-ring (bicyclic) bond motifs is 5. The third kappa shape index (κ3) is 2.21. The van der Waals surface area contributed by atoms with Crippen molar-refractivity contribution >= 4 is 5.97 Å². The van der Waals surface area contributed by atoms with Gasteiger partial charge in [0.1, 0.15) is 0 Å². The molecule has 3 saturated carbocycles. The maximum absolute atomic E-state index is 11.6. The molecule has 0 heterocycles. The molecule has 0 aliphatic heterocycles. The largest absolute Gasteiger partial charge is 0.463 e. The summed E-state index contributed by atoms with van der Waals surface area (Å²) in [5.41, 5.74) is 1.44. The van der Waals surface area contributed by atoms with Crippen LogP contribution in [0.5, 0.6) is 0 Å². The molecule has 3 rings (SSSR count). The highest BCUT2D eigenvalue weighted by Crippen LogP contribution is 2.68. The van der Waals surface area contributed by atoms with Crippen LogP contribution in [0.2, 0.25) is 0 Å². The van der Waals surface area contributed by atoms with Crippen LogP contribution in [-0.4, -0.2) is 12.6 Å². The van der Waals surface area contributed by atoms with E-state index in [0.29, 0.717) is 12.0 Å². The fraction of sp³-hybridized carbons (Fsp3) is 0.833. The van der Waals surface area contributed by atoms with Gasteiger partial charge < -0.3 is 4.74 Å². The fourth-order valence-corrected chi connectivity index (χ4v) is 5.64. The van der Waals surface area contributed by atoms with Crippen molar-refractivity contribution in [2.24, 2.45) is 23.2 Å². The Bertz CT molecular complexity index is 412. The van der Waals surface area contributed by atoms with Gasteiger partial charge in [-0.05, 0) is 82.0 Å². The Hall–Kier alpha value is -0.790. The van der Waals surface area contributed by atoms with E-state index >= 15 is 0 Å². The van der Waals surface area contributed by atoms with Crippen molar-refractivity contribution in [1.82, 2.24) is 0 Å². The Labute approximate surface area is 123 Å². The van der Waals surface area contributed by atoms with Crippen LogP contribution in [0.1, 0.15) is 65.2 Å². The van der Waals surface area contributed by atoms with Crippen LogP contribution in [-0.2, 0) is 9.53 Å². The van der Waals surface area contributed by atoms with E-state index in [1.807, 2.05) is 13.8 Å². The summed E-state index contributed by atoms with van der Waals surface area (Å²) in [6, 6.07) is 0. The quantitative estimate of drug-likeness (QED) is 0.546. The minimum Gasteiger partial charge on any atom is -0.463 e. The molecule has 2 bridgehead atoms. The molecule has 0 amide bonds. The molecular weight excluding hydrogens is 248 g/mol. The van der Waals surface area contributed by atoms with Gasteiger partial charge in [-0.1, -0.05) is 12.5 Å². The van der Waals surface area contributed by atoms with Gasteiger partial charge in [0.25, 0.3) is 0 Å². The highest BCUT2D eigenvalue weighted by Gasteiger charge is 2.58. The van der Waals surface area contributed by atoms with Crippen LogP contribution >= 0.6 is 0 Å². The van der Waals surface area contributed by atoms with E-state index in [0.717, 1.165) is 29.7 Å². The number of allylic oxidation sites excluding steroid dienone is 1. The summed E-state index contributed by atoms with van der Waals surface area (Å²) in [5, 5.41) is 0. The molecule has 20 heavy (non-hydrogen) atoms. The zero-order valence-corrected chi connectivity index (χ0v) is 13.0. The summed E-state index contributed by atoms with van der Waals surface area (Å²) in [6.45, 7) is 4.23. The molecule has 0 unspecified atom stereocenters. The van der Waals surface area contributed by atoms with Gasteiger partial charge in [-0.15, -0.1) is 0 Å². The van der Waals surface area contributed by atoms with Crippen molar-refractivity contribution < 1.29 is 9.53 Å². The average molecular weight is 276 g/mol. The number of carbonyl (C=O) groups excluding carboxylic acids is 1. The third-order valence-corrected chi connectivity index (χ3v) is 6.41. The Balaban J connectivity index is 1.61. The monoisotopic (exact) mass is 276 g/mol. The molecule has 0 spiro atoms. The summed E-state index contributed by atoms with van der Waals surface area (Å²) in [7, 11) is 0. The Morgan fingerprint density at radius 3 is 3.00 bits per heavy atom. The number of carbonyl (C=O) groups is 1. The standard InChI is InChI=1S/C18H28O2/c1-3-20-17(19)13(2)6-4-10-18-11-5-7-16(18)14-8-9-15(18)12-14/h6,14-16H,3-5,7-12H2,1-2H3/b13-6-/t14-,15+,16-,18+/m1/s1. The summed E-state index contributed by atoms with van der Waals surface area (Å²) in [6.07, 6.45) is 13.3. The maximum Gasteiger partial charge on any atom is 0.333 e. The van der Waals surface area contributed by atoms with E-state index in [4.69, 9.17) is 4.74 Å². The van der Waals surface area contributed by atoms with Crippen molar-refractivity contribution in [3.63, 3.8) is 0 Å². The summed E-state index contributed by atoms with van der Waals surface area (Å²) in [5.74, 6) is 2.91. The second-order valence-electron chi connectivity index (χ2n) is 7.15. The first-order valence-corrected chi connectivity index (χ1v) is 8.51. The highest BCUT2D eigenvalue weighted by atomic mass is 16.5. The molecule has 0 N–H and O–H groups in total. The van der Waals surface area contributed by atoms with Crippen LogP contribution < -0.4 is 0 Å². The minimum atomic E-state index is -0.138. The van der Waals surface area contributed by atoms with E-state index in [1.54, 1.807) is 0 Å². The van der Waals surface area contributed by atoms with Crippen LogP contribution in [0, 0.1) is 23.2 Å². The molecule has 0 saturated heterocycles.